The SMILES string of the molecule is CC/C=C/C/C=C/C/C=C/CCCCCCCC(=O)OC[C@H](COC(=O)CCCCCCCCCCC/C=C/C/C=C/CCCCC)OC(=O)CCCCCCCCCCCCCCCCCCCCC. The van der Waals surface area contributed by atoms with Crippen LogP contribution in [0.5, 0.6) is 0 Å². The molecule has 0 aromatic rings. The molecule has 71 heavy (non-hydrogen) atoms. The molecule has 0 N–H and O–H groups in total. The van der Waals surface area contributed by atoms with Crippen molar-refractivity contribution in [3.63, 3.8) is 0 Å². The molecule has 0 radical (unpaired) electrons. The number of unbranched alkanes of at least 4 members (excludes halogenated alkanes) is 35. The summed E-state index contributed by atoms with van der Waals surface area (Å²) < 4.78 is 16.9. The Kier molecular flexibility index (Phi) is 57.2. The van der Waals surface area contributed by atoms with Gasteiger partial charge in [-0.15, -0.1) is 0 Å². The summed E-state index contributed by atoms with van der Waals surface area (Å²) >= 11 is 0. The second-order valence-corrected chi connectivity index (χ2v) is 20.6. The Labute approximate surface area is 440 Å². The van der Waals surface area contributed by atoms with Gasteiger partial charge in [0.25, 0.3) is 0 Å². The first-order valence-corrected chi connectivity index (χ1v) is 30.8. The van der Waals surface area contributed by atoms with Crippen molar-refractivity contribution in [3.8, 4) is 0 Å². The molecule has 0 aromatic heterocycles. The third-order valence-corrected chi connectivity index (χ3v) is 13.5. The highest BCUT2D eigenvalue weighted by atomic mass is 16.6. The molecule has 0 heterocycles. The molecule has 0 rings (SSSR count). The van der Waals surface area contributed by atoms with Crippen LogP contribution in [0.3, 0.4) is 0 Å². The van der Waals surface area contributed by atoms with Crippen LogP contribution in [0.1, 0.15) is 316 Å². The van der Waals surface area contributed by atoms with Crippen LogP contribution in [0.25, 0.3) is 0 Å². The summed E-state index contributed by atoms with van der Waals surface area (Å²) in [6, 6.07) is 0. The van der Waals surface area contributed by atoms with Crippen molar-refractivity contribution >= 4 is 17.9 Å². The van der Waals surface area contributed by atoms with Crippen LogP contribution >= 0.6 is 0 Å². The van der Waals surface area contributed by atoms with E-state index in [4.69, 9.17) is 14.2 Å². The Morgan fingerprint density at radius 2 is 0.549 bits per heavy atom. The van der Waals surface area contributed by atoms with E-state index in [9.17, 15) is 14.4 Å². The second kappa shape index (κ2) is 59.7. The number of carbonyl (C=O) groups is 3. The molecule has 412 valence electrons. The summed E-state index contributed by atoms with van der Waals surface area (Å²) in [5.41, 5.74) is 0. The number of ether oxygens (including phenoxy) is 3. The van der Waals surface area contributed by atoms with Crippen LogP contribution in [-0.4, -0.2) is 37.2 Å². The summed E-state index contributed by atoms with van der Waals surface area (Å²) in [6.07, 6.45) is 75.0. The fourth-order valence-electron chi connectivity index (χ4n) is 8.90. The average Bonchev–Trinajstić information content (AvgIpc) is 3.37. The zero-order valence-electron chi connectivity index (χ0n) is 47.2. The summed E-state index contributed by atoms with van der Waals surface area (Å²) in [7, 11) is 0. The zero-order chi connectivity index (χ0) is 51.4. The Bertz CT molecular complexity index is 1280. The molecule has 0 aliphatic rings. The molecular weight excluding hydrogens is 877 g/mol. The maximum atomic E-state index is 12.9. The molecule has 0 saturated carbocycles. The van der Waals surface area contributed by atoms with E-state index in [2.05, 4.69) is 81.5 Å². The van der Waals surface area contributed by atoms with Gasteiger partial charge in [-0.05, 0) is 83.5 Å². The van der Waals surface area contributed by atoms with E-state index in [-0.39, 0.29) is 31.1 Å². The smallest absolute Gasteiger partial charge is 0.306 e. The van der Waals surface area contributed by atoms with Gasteiger partial charge in [-0.2, -0.15) is 0 Å². The standard InChI is InChI=1S/C65H116O6/c1-4-7-10-13-16-19-22-25-28-30-32-34-37-40-43-46-49-52-55-58-64(67)70-61-62(60-69-63(66)57-54-51-48-45-42-39-36-27-24-21-18-15-12-9-6-3)71-65(68)59-56-53-50-47-44-41-38-35-33-31-29-26-23-20-17-14-11-8-5-2/h9,12,16,18-19,21,25,27-28,36,62H,4-8,10-11,13-15,17,20,22-24,26,29-35,37-61H2,1-3H3/b12-9+,19-16+,21-18+,28-25+,36-27+/t62-/m1/s1. The lowest BCUT2D eigenvalue weighted by Crippen LogP contribution is -2.30. The second-order valence-electron chi connectivity index (χ2n) is 20.6. The van der Waals surface area contributed by atoms with Crippen molar-refractivity contribution in [2.75, 3.05) is 13.2 Å². The number of hydrogen-bond acceptors (Lipinski definition) is 6. The average molecular weight is 994 g/mol. The van der Waals surface area contributed by atoms with Gasteiger partial charge in [0, 0.05) is 19.3 Å². The van der Waals surface area contributed by atoms with E-state index in [0.29, 0.717) is 19.3 Å². The first-order valence-electron chi connectivity index (χ1n) is 30.8. The monoisotopic (exact) mass is 993 g/mol. The first kappa shape index (κ1) is 68.1. The van der Waals surface area contributed by atoms with E-state index < -0.39 is 6.10 Å². The maximum absolute atomic E-state index is 12.9. The van der Waals surface area contributed by atoms with Crippen LogP contribution < -0.4 is 0 Å². The minimum atomic E-state index is -0.782. The predicted molar refractivity (Wildman–Crippen MR) is 307 cm³/mol. The first-order chi connectivity index (χ1) is 35.0. The molecule has 0 fully saturated rings. The van der Waals surface area contributed by atoms with E-state index in [0.717, 1.165) is 103 Å². The van der Waals surface area contributed by atoms with Gasteiger partial charge in [-0.3, -0.25) is 14.4 Å². The maximum Gasteiger partial charge on any atom is 0.306 e. The lowest BCUT2D eigenvalue weighted by atomic mass is 10.0. The molecule has 0 saturated heterocycles. The molecule has 6 heteroatoms. The molecule has 6 nitrogen and oxygen atoms in total. The van der Waals surface area contributed by atoms with Crippen molar-refractivity contribution in [3.05, 3.63) is 60.8 Å². The number of rotatable bonds is 56. The Balaban J connectivity index is 4.36. The summed E-state index contributed by atoms with van der Waals surface area (Å²) in [5, 5.41) is 0. The number of allylic oxidation sites excluding steroid dienone is 10. The topological polar surface area (TPSA) is 78.9 Å². The minimum absolute atomic E-state index is 0.0793. The molecule has 0 aliphatic heterocycles. The highest BCUT2D eigenvalue weighted by Crippen LogP contribution is 2.17. The third kappa shape index (κ3) is 57.9. The quantitative estimate of drug-likeness (QED) is 0.0261. The van der Waals surface area contributed by atoms with Gasteiger partial charge >= 0.3 is 17.9 Å². The Morgan fingerprint density at radius 1 is 0.296 bits per heavy atom. The highest BCUT2D eigenvalue weighted by Gasteiger charge is 2.19. The van der Waals surface area contributed by atoms with Crippen molar-refractivity contribution in [1.82, 2.24) is 0 Å². The molecular formula is C65H116O6. The van der Waals surface area contributed by atoms with Crippen molar-refractivity contribution < 1.29 is 28.6 Å². The Hall–Kier alpha value is -2.89. The number of carbonyl (C=O) groups excluding carboxylic acids is 3. The zero-order valence-corrected chi connectivity index (χ0v) is 47.2. The van der Waals surface area contributed by atoms with Crippen LogP contribution in [-0.2, 0) is 28.6 Å². The Morgan fingerprint density at radius 3 is 0.887 bits per heavy atom. The highest BCUT2D eigenvalue weighted by molar-refractivity contribution is 5.71. The molecule has 0 aromatic carbocycles. The fraction of sp³-hybridized carbons (Fsp3) is 0.800. The van der Waals surface area contributed by atoms with Gasteiger partial charge in [0.05, 0.1) is 0 Å². The lowest BCUT2D eigenvalue weighted by molar-refractivity contribution is -0.167. The van der Waals surface area contributed by atoms with E-state index >= 15 is 0 Å². The fourth-order valence-corrected chi connectivity index (χ4v) is 8.90. The number of esters is 3. The summed E-state index contributed by atoms with van der Waals surface area (Å²) in [4.78, 5) is 38.3. The van der Waals surface area contributed by atoms with E-state index in [1.54, 1.807) is 0 Å². The van der Waals surface area contributed by atoms with Gasteiger partial charge in [0.1, 0.15) is 13.2 Å². The molecule has 0 bridgehead atoms. The molecule has 1 atom stereocenters. The minimum Gasteiger partial charge on any atom is -0.462 e. The largest absolute Gasteiger partial charge is 0.462 e. The molecule has 0 unspecified atom stereocenters. The van der Waals surface area contributed by atoms with Gasteiger partial charge in [-0.25, -0.2) is 0 Å². The summed E-state index contributed by atoms with van der Waals surface area (Å²) in [5.74, 6) is -0.883. The van der Waals surface area contributed by atoms with E-state index in [1.807, 2.05) is 0 Å². The molecule has 0 amide bonds. The van der Waals surface area contributed by atoms with Crippen LogP contribution in [0, 0.1) is 0 Å². The van der Waals surface area contributed by atoms with Gasteiger partial charge in [-0.1, -0.05) is 274 Å². The van der Waals surface area contributed by atoms with Crippen LogP contribution in [0.15, 0.2) is 60.8 Å². The van der Waals surface area contributed by atoms with Crippen molar-refractivity contribution in [1.29, 1.82) is 0 Å². The van der Waals surface area contributed by atoms with Crippen LogP contribution in [0.4, 0.5) is 0 Å². The van der Waals surface area contributed by atoms with E-state index in [1.165, 1.54) is 173 Å². The normalized spacial score (nSPS) is 12.4. The van der Waals surface area contributed by atoms with Gasteiger partial charge < -0.3 is 14.2 Å². The molecule has 0 aliphatic carbocycles. The van der Waals surface area contributed by atoms with Crippen molar-refractivity contribution in [2.24, 2.45) is 0 Å². The van der Waals surface area contributed by atoms with Gasteiger partial charge in [0.2, 0.25) is 0 Å². The third-order valence-electron chi connectivity index (χ3n) is 13.5. The predicted octanol–water partition coefficient (Wildman–Crippen LogP) is 20.8. The van der Waals surface area contributed by atoms with Crippen LogP contribution in [0.2, 0.25) is 0 Å². The number of hydrogen-bond donors (Lipinski definition) is 0. The van der Waals surface area contributed by atoms with Gasteiger partial charge in [0.15, 0.2) is 6.10 Å². The lowest BCUT2D eigenvalue weighted by Gasteiger charge is -2.18. The summed E-state index contributed by atoms with van der Waals surface area (Å²) in [6.45, 7) is 6.53. The van der Waals surface area contributed by atoms with Crippen molar-refractivity contribution in [2.45, 2.75) is 322 Å². The molecule has 0 spiro atoms.